The molecule has 1 N–H and O–H groups in total. The van der Waals surface area contributed by atoms with Gasteiger partial charge in [0, 0.05) is 12.1 Å². The summed E-state index contributed by atoms with van der Waals surface area (Å²) in [5.74, 6) is -0.165. The molecule has 2 rings (SSSR count). The fourth-order valence-corrected chi connectivity index (χ4v) is 2.67. The van der Waals surface area contributed by atoms with Gasteiger partial charge >= 0.3 is 0 Å². The van der Waals surface area contributed by atoms with E-state index in [-0.39, 0.29) is 5.82 Å². The van der Waals surface area contributed by atoms with E-state index in [9.17, 15) is 4.39 Å². The molecule has 20 heavy (non-hydrogen) atoms. The van der Waals surface area contributed by atoms with Gasteiger partial charge < -0.3 is 5.32 Å². The summed E-state index contributed by atoms with van der Waals surface area (Å²) in [5.41, 5.74) is 3.64. The monoisotopic (exact) mass is 271 g/mol. The fraction of sp³-hybridized carbons (Fsp3) is 0.333. The van der Waals surface area contributed by atoms with Crippen molar-refractivity contribution in [3.63, 3.8) is 0 Å². The molecule has 2 atom stereocenters. The zero-order chi connectivity index (χ0) is 14.5. The predicted molar refractivity (Wildman–Crippen MR) is 82.3 cm³/mol. The molecule has 0 radical (unpaired) electrons. The standard InChI is InChI=1S/C18H22FN/c1-13-7-4-5-10-18(13)15(3)20-14(2)11-16-8-6-9-17(19)12-16/h4-10,12,14-15,20H,11H2,1-3H3/t14?,15-/m0/s1. The van der Waals surface area contributed by atoms with E-state index in [1.165, 1.54) is 17.2 Å². The molecule has 1 nitrogen and oxygen atoms in total. The number of hydrogen-bond acceptors (Lipinski definition) is 1. The van der Waals surface area contributed by atoms with Crippen molar-refractivity contribution in [1.82, 2.24) is 5.32 Å². The summed E-state index contributed by atoms with van der Waals surface area (Å²) in [4.78, 5) is 0. The highest BCUT2D eigenvalue weighted by Gasteiger charge is 2.11. The zero-order valence-electron chi connectivity index (χ0n) is 12.4. The Kier molecular flexibility index (Phi) is 4.91. The van der Waals surface area contributed by atoms with Gasteiger partial charge in [0.25, 0.3) is 0 Å². The first-order valence-electron chi connectivity index (χ1n) is 7.12. The first-order chi connectivity index (χ1) is 9.56. The van der Waals surface area contributed by atoms with Crippen LogP contribution in [-0.4, -0.2) is 6.04 Å². The number of hydrogen-bond donors (Lipinski definition) is 1. The lowest BCUT2D eigenvalue weighted by Gasteiger charge is -2.22. The van der Waals surface area contributed by atoms with Crippen LogP contribution in [0.5, 0.6) is 0 Å². The maximum atomic E-state index is 13.2. The van der Waals surface area contributed by atoms with Crippen LogP contribution in [0, 0.1) is 12.7 Å². The number of rotatable bonds is 5. The second kappa shape index (κ2) is 6.67. The first-order valence-corrected chi connectivity index (χ1v) is 7.12. The third-order valence-corrected chi connectivity index (χ3v) is 3.62. The molecule has 0 saturated heterocycles. The van der Waals surface area contributed by atoms with Gasteiger partial charge in [-0.1, -0.05) is 36.4 Å². The van der Waals surface area contributed by atoms with Crippen LogP contribution in [0.15, 0.2) is 48.5 Å². The topological polar surface area (TPSA) is 12.0 Å². The Morgan fingerprint density at radius 3 is 2.50 bits per heavy atom. The molecule has 0 aromatic heterocycles. The summed E-state index contributed by atoms with van der Waals surface area (Å²) in [6.45, 7) is 6.44. The first kappa shape index (κ1) is 14.7. The minimum Gasteiger partial charge on any atom is -0.307 e. The molecule has 0 bridgehead atoms. The molecule has 0 fully saturated rings. The van der Waals surface area contributed by atoms with Crippen molar-refractivity contribution < 1.29 is 4.39 Å². The van der Waals surface area contributed by atoms with Crippen molar-refractivity contribution in [3.05, 3.63) is 71.0 Å². The summed E-state index contributed by atoms with van der Waals surface area (Å²) < 4.78 is 13.2. The molecule has 2 aromatic carbocycles. The zero-order valence-corrected chi connectivity index (χ0v) is 12.4. The number of nitrogens with one attached hydrogen (secondary N) is 1. The van der Waals surface area contributed by atoms with Gasteiger partial charge in [-0.3, -0.25) is 0 Å². The van der Waals surface area contributed by atoms with E-state index in [1.54, 1.807) is 12.1 Å². The Morgan fingerprint density at radius 2 is 1.80 bits per heavy atom. The highest BCUT2D eigenvalue weighted by molar-refractivity contribution is 5.28. The third kappa shape index (κ3) is 3.91. The van der Waals surface area contributed by atoms with Crippen LogP contribution < -0.4 is 5.32 Å². The van der Waals surface area contributed by atoms with E-state index in [0.29, 0.717) is 12.1 Å². The van der Waals surface area contributed by atoms with Crippen LogP contribution in [0.1, 0.15) is 36.6 Å². The molecule has 0 aliphatic carbocycles. The van der Waals surface area contributed by atoms with Crippen molar-refractivity contribution >= 4 is 0 Å². The lowest BCUT2D eigenvalue weighted by Crippen LogP contribution is -2.31. The minimum absolute atomic E-state index is 0.165. The van der Waals surface area contributed by atoms with Crippen molar-refractivity contribution in [3.8, 4) is 0 Å². The van der Waals surface area contributed by atoms with Crippen molar-refractivity contribution in [1.29, 1.82) is 0 Å². The van der Waals surface area contributed by atoms with Crippen LogP contribution in [0.2, 0.25) is 0 Å². The van der Waals surface area contributed by atoms with Gasteiger partial charge in [0.2, 0.25) is 0 Å². The van der Waals surface area contributed by atoms with E-state index in [2.05, 4.69) is 50.4 Å². The molecular formula is C18H22FN. The Labute approximate surface area is 120 Å². The van der Waals surface area contributed by atoms with Crippen LogP contribution >= 0.6 is 0 Å². The van der Waals surface area contributed by atoms with Crippen molar-refractivity contribution in [2.45, 2.75) is 39.3 Å². The second-order valence-electron chi connectivity index (χ2n) is 5.48. The van der Waals surface area contributed by atoms with Crippen LogP contribution in [-0.2, 0) is 6.42 Å². The number of benzene rings is 2. The lowest BCUT2D eigenvalue weighted by atomic mass is 10.0. The van der Waals surface area contributed by atoms with Gasteiger partial charge in [-0.25, -0.2) is 4.39 Å². The smallest absolute Gasteiger partial charge is 0.123 e. The molecule has 2 heteroatoms. The van der Waals surface area contributed by atoms with Gasteiger partial charge in [0.15, 0.2) is 0 Å². The molecule has 106 valence electrons. The Balaban J connectivity index is 1.98. The molecule has 0 aliphatic rings. The summed E-state index contributed by atoms with van der Waals surface area (Å²) in [6.07, 6.45) is 0.827. The maximum absolute atomic E-state index is 13.2. The lowest BCUT2D eigenvalue weighted by molar-refractivity contribution is 0.475. The summed E-state index contributed by atoms with van der Waals surface area (Å²) in [6, 6.07) is 15.8. The van der Waals surface area contributed by atoms with E-state index in [1.807, 2.05) is 6.07 Å². The fourth-order valence-electron chi connectivity index (χ4n) is 2.67. The van der Waals surface area contributed by atoms with Gasteiger partial charge in [-0.15, -0.1) is 0 Å². The molecule has 1 unspecified atom stereocenters. The van der Waals surface area contributed by atoms with Crippen LogP contribution in [0.4, 0.5) is 4.39 Å². The van der Waals surface area contributed by atoms with Gasteiger partial charge in [0.05, 0.1) is 0 Å². The molecule has 0 heterocycles. The minimum atomic E-state index is -0.165. The van der Waals surface area contributed by atoms with Crippen LogP contribution in [0.3, 0.4) is 0 Å². The van der Waals surface area contributed by atoms with Gasteiger partial charge in [0.1, 0.15) is 5.82 Å². The van der Waals surface area contributed by atoms with E-state index >= 15 is 0 Å². The van der Waals surface area contributed by atoms with Gasteiger partial charge in [-0.2, -0.15) is 0 Å². The third-order valence-electron chi connectivity index (χ3n) is 3.62. The highest BCUT2D eigenvalue weighted by atomic mass is 19.1. The summed E-state index contributed by atoms with van der Waals surface area (Å²) in [5, 5.41) is 3.58. The number of aryl methyl sites for hydroxylation is 1. The van der Waals surface area contributed by atoms with E-state index in [4.69, 9.17) is 0 Å². The molecule has 0 spiro atoms. The summed E-state index contributed by atoms with van der Waals surface area (Å²) in [7, 11) is 0. The normalized spacial score (nSPS) is 14.0. The largest absolute Gasteiger partial charge is 0.307 e. The Bertz CT molecular complexity index is 565. The quantitative estimate of drug-likeness (QED) is 0.849. The van der Waals surface area contributed by atoms with Gasteiger partial charge in [-0.05, 0) is 56.0 Å². The Morgan fingerprint density at radius 1 is 1.05 bits per heavy atom. The van der Waals surface area contributed by atoms with Crippen LogP contribution in [0.25, 0.3) is 0 Å². The van der Waals surface area contributed by atoms with Crippen molar-refractivity contribution in [2.24, 2.45) is 0 Å². The SMILES string of the molecule is Cc1ccccc1[C@H](C)NC(C)Cc1cccc(F)c1. The predicted octanol–water partition coefficient (Wildman–Crippen LogP) is 4.42. The van der Waals surface area contributed by atoms with Crippen molar-refractivity contribution in [2.75, 3.05) is 0 Å². The summed E-state index contributed by atoms with van der Waals surface area (Å²) >= 11 is 0. The molecule has 2 aromatic rings. The average molecular weight is 271 g/mol. The van der Waals surface area contributed by atoms with E-state index in [0.717, 1.165) is 12.0 Å². The number of halogens is 1. The highest BCUT2D eigenvalue weighted by Crippen LogP contribution is 2.18. The molecule has 0 aliphatic heterocycles. The molecular weight excluding hydrogens is 249 g/mol. The Hall–Kier alpha value is -1.67. The van der Waals surface area contributed by atoms with E-state index < -0.39 is 0 Å². The average Bonchev–Trinajstić information content (AvgIpc) is 2.38. The molecule has 0 saturated carbocycles. The second-order valence-corrected chi connectivity index (χ2v) is 5.48. The molecule has 0 amide bonds. The maximum Gasteiger partial charge on any atom is 0.123 e.